The molecule has 0 aliphatic rings. The molecule has 0 atom stereocenters. The molecule has 118 valence electrons. The van der Waals surface area contributed by atoms with E-state index in [1.807, 2.05) is 0 Å². The van der Waals surface area contributed by atoms with Crippen molar-refractivity contribution in [3.05, 3.63) is 59.7 Å². The van der Waals surface area contributed by atoms with Crippen LogP contribution in [-0.4, -0.2) is 54.5 Å². The number of benzene rings is 2. The third kappa shape index (κ3) is 5.37. The number of hydrogen-bond acceptors (Lipinski definition) is 2. The van der Waals surface area contributed by atoms with E-state index < -0.39 is 0 Å². The average Bonchev–Trinajstić information content (AvgIpc) is 2.52. The number of nitrogens with zero attached hydrogens (tertiary/aromatic N) is 2. The molecule has 0 aliphatic carbocycles. The monoisotopic (exact) mass is 428 g/mol. The summed E-state index contributed by atoms with van der Waals surface area (Å²) in [6.07, 6.45) is 0. The van der Waals surface area contributed by atoms with Crippen LogP contribution in [0.1, 0.15) is 11.1 Å². The summed E-state index contributed by atoms with van der Waals surface area (Å²) in [5.41, 5.74) is 5.52. The summed E-state index contributed by atoms with van der Waals surface area (Å²) in [5.74, 6) is 0. The molecule has 0 N–H and O–H groups in total. The first-order valence-corrected chi connectivity index (χ1v) is 14.1. The minimum atomic E-state index is 0.743. The van der Waals surface area contributed by atoms with Crippen molar-refractivity contribution in [3.8, 4) is 0 Å². The minimum absolute atomic E-state index is 0.743. The van der Waals surface area contributed by atoms with Gasteiger partial charge in [-0.15, -0.1) is 0 Å². The van der Waals surface area contributed by atoms with Crippen LogP contribution in [0.25, 0.3) is 0 Å². The van der Waals surface area contributed by atoms with Crippen molar-refractivity contribution < 1.29 is 0 Å². The fourth-order valence-electron chi connectivity index (χ4n) is 2.00. The third-order valence-electron chi connectivity index (χ3n) is 3.44. The van der Waals surface area contributed by atoms with Crippen molar-refractivity contribution in [2.24, 2.45) is 0 Å². The van der Waals surface area contributed by atoms with Gasteiger partial charge in [0.1, 0.15) is 0 Å². The van der Waals surface area contributed by atoms with Gasteiger partial charge in [0.25, 0.3) is 0 Å². The first-order valence-electron chi connectivity index (χ1n) is 7.33. The van der Waals surface area contributed by atoms with Gasteiger partial charge in [-0.2, -0.15) is 0 Å². The van der Waals surface area contributed by atoms with Crippen molar-refractivity contribution in [2.75, 3.05) is 38.0 Å². The van der Waals surface area contributed by atoms with Gasteiger partial charge in [0.15, 0.2) is 0 Å². The van der Waals surface area contributed by atoms with Crippen molar-refractivity contribution in [1.29, 1.82) is 0 Å². The van der Waals surface area contributed by atoms with E-state index in [2.05, 4.69) is 86.5 Å². The molecule has 4 heteroatoms. The molecule has 0 unspecified atom stereocenters. The molecule has 0 saturated heterocycles. The second kappa shape index (κ2) is 8.64. The van der Waals surface area contributed by atoms with Crippen molar-refractivity contribution in [3.63, 3.8) is 0 Å². The van der Waals surface area contributed by atoms with E-state index in [1.165, 1.54) is 33.1 Å². The van der Waals surface area contributed by atoms with Gasteiger partial charge in [-0.3, -0.25) is 0 Å². The quantitative estimate of drug-likeness (QED) is 0.497. The van der Waals surface area contributed by atoms with Crippen molar-refractivity contribution in [1.82, 2.24) is 0 Å². The van der Waals surface area contributed by atoms with E-state index >= 15 is 0 Å². The summed E-state index contributed by atoms with van der Waals surface area (Å²) >= 11 is 1.49. The van der Waals surface area contributed by atoms with Gasteiger partial charge in [0.2, 0.25) is 0 Å². The second-order valence-corrected chi connectivity index (χ2v) is 13.0. The Morgan fingerprint density at radius 2 is 0.909 bits per heavy atom. The van der Waals surface area contributed by atoms with Gasteiger partial charge in [-0.25, -0.2) is 0 Å². The Kier molecular flexibility index (Phi) is 6.85. The molecule has 0 saturated carbocycles. The molecule has 0 heterocycles. The molecule has 0 aliphatic heterocycles. The van der Waals surface area contributed by atoms with Crippen LogP contribution < -0.4 is 9.80 Å². The van der Waals surface area contributed by atoms with Gasteiger partial charge < -0.3 is 0 Å². The van der Waals surface area contributed by atoms with E-state index in [4.69, 9.17) is 0 Å². The summed E-state index contributed by atoms with van der Waals surface area (Å²) in [7, 11) is 8.35. The Morgan fingerprint density at radius 1 is 0.591 bits per heavy atom. The van der Waals surface area contributed by atoms with Crippen LogP contribution in [0.4, 0.5) is 11.4 Å². The fourth-order valence-corrected chi connectivity index (χ4v) is 8.51. The van der Waals surface area contributed by atoms with Crippen LogP contribution in [0.3, 0.4) is 0 Å². The van der Waals surface area contributed by atoms with Gasteiger partial charge >= 0.3 is 146 Å². The maximum atomic E-state index is 2.28. The van der Waals surface area contributed by atoms with E-state index in [1.54, 1.807) is 0 Å². The van der Waals surface area contributed by atoms with E-state index in [0.717, 1.165) is 26.3 Å². The SMILES string of the molecule is CN(C)c1ccc(C[Se][Se]Cc2ccc(N(C)C)cc2)cc1. The standard InChI is InChI=1S/C18H24N2Se2/c1-19(2)17-9-5-15(6-10-17)13-21-22-14-16-7-11-18(12-8-16)20(3)4/h5-12H,13-14H2,1-4H3. The Balaban J connectivity index is 1.74. The topological polar surface area (TPSA) is 6.48 Å². The molecule has 0 bridgehead atoms. The Labute approximate surface area is 145 Å². The Morgan fingerprint density at radius 3 is 1.18 bits per heavy atom. The van der Waals surface area contributed by atoms with Crippen LogP contribution in [0.15, 0.2) is 48.5 Å². The fraction of sp³-hybridized carbons (Fsp3) is 0.333. The van der Waals surface area contributed by atoms with Gasteiger partial charge in [-0.1, -0.05) is 0 Å². The zero-order valence-corrected chi connectivity index (χ0v) is 17.2. The molecular formula is C18H24N2Se2. The first kappa shape index (κ1) is 17.4. The van der Waals surface area contributed by atoms with Crippen molar-refractivity contribution in [2.45, 2.75) is 10.6 Å². The molecule has 22 heavy (non-hydrogen) atoms. The summed E-state index contributed by atoms with van der Waals surface area (Å²) in [6.45, 7) is 0. The van der Waals surface area contributed by atoms with Crippen LogP contribution in [0.2, 0.25) is 0 Å². The average molecular weight is 426 g/mol. The van der Waals surface area contributed by atoms with Crippen LogP contribution >= 0.6 is 0 Å². The van der Waals surface area contributed by atoms with Crippen LogP contribution in [-0.2, 0) is 10.6 Å². The first-order chi connectivity index (χ1) is 10.6. The van der Waals surface area contributed by atoms with Crippen LogP contribution in [0, 0.1) is 0 Å². The molecule has 0 spiro atoms. The maximum absolute atomic E-state index is 2.28. The zero-order valence-electron chi connectivity index (χ0n) is 13.7. The Bertz CT molecular complexity index is 509. The van der Waals surface area contributed by atoms with E-state index in [9.17, 15) is 0 Å². The van der Waals surface area contributed by atoms with Crippen molar-refractivity contribution >= 4 is 37.6 Å². The predicted octanol–water partition coefficient (Wildman–Crippen LogP) is 2.84. The van der Waals surface area contributed by atoms with Crippen LogP contribution in [0.5, 0.6) is 0 Å². The van der Waals surface area contributed by atoms with Gasteiger partial charge in [0, 0.05) is 0 Å². The Hall–Kier alpha value is -0.921. The number of anilines is 2. The molecule has 0 aromatic heterocycles. The molecule has 0 radical (unpaired) electrons. The molecule has 0 fully saturated rings. The molecule has 2 nitrogen and oxygen atoms in total. The second-order valence-electron chi connectivity index (χ2n) is 5.65. The van der Waals surface area contributed by atoms with Gasteiger partial charge in [0.05, 0.1) is 0 Å². The zero-order chi connectivity index (χ0) is 15.9. The molecular weight excluding hydrogens is 402 g/mol. The normalized spacial score (nSPS) is 10.5. The van der Waals surface area contributed by atoms with Gasteiger partial charge in [-0.05, 0) is 0 Å². The molecule has 0 amide bonds. The predicted molar refractivity (Wildman–Crippen MR) is 100 cm³/mol. The van der Waals surface area contributed by atoms with E-state index in [-0.39, 0.29) is 0 Å². The molecule has 2 aromatic carbocycles. The summed E-state index contributed by atoms with van der Waals surface area (Å²) in [6, 6.07) is 18.0. The van der Waals surface area contributed by atoms with E-state index in [0.29, 0.717) is 0 Å². The number of hydrogen-bond donors (Lipinski definition) is 0. The third-order valence-corrected chi connectivity index (χ3v) is 10.1. The molecule has 2 rings (SSSR count). The summed E-state index contributed by atoms with van der Waals surface area (Å²) in [4.78, 5) is 4.30. The summed E-state index contributed by atoms with van der Waals surface area (Å²) < 4.78 is 0. The molecule has 2 aromatic rings. The summed E-state index contributed by atoms with van der Waals surface area (Å²) in [5, 5.41) is 2.52. The number of rotatable bonds is 7.